The highest BCUT2D eigenvalue weighted by atomic mass is 32.1. The van der Waals surface area contributed by atoms with Crippen LogP contribution in [-0.2, 0) is 13.0 Å². The van der Waals surface area contributed by atoms with E-state index in [4.69, 9.17) is 0 Å². The number of aryl methyl sites for hydroxylation is 1. The van der Waals surface area contributed by atoms with Crippen LogP contribution in [0, 0.1) is 0 Å². The molecular formula is C17H33N5S. The highest BCUT2D eigenvalue weighted by Crippen LogP contribution is 2.09. The van der Waals surface area contributed by atoms with Crippen LogP contribution < -0.4 is 10.6 Å². The van der Waals surface area contributed by atoms with Crippen LogP contribution in [0.2, 0.25) is 0 Å². The van der Waals surface area contributed by atoms with E-state index in [1.165, 1.54) is 18.0 Å². The van der Waals surface area contributed by atoms with Crippen molar-refractivity contribution in [2.24, 2.45) is 4.99 Å². The van der Waals surface area contributed by atoms with Crippen molar-refractivity contribution in [2.45, 2.75) is 59.5 Å². The number of nitrogens with one attached hydrogen (secondary N) is 2. The average molecular weight is 340 g/mol. The molecule has 1 aromatic heterocycles. The molecule has 0 saturated carbocycles. The third kappa shape index (κ3) is 7.79. The second-order valence-electron chi connectivity index (χ2n) is 5.73. The molecule has 1 heterocycles. The second kappa shape index (κ2) is 11.4. The Kier molecular flexibility index (Phi) is 9.87. The number of hydrogen-bond donors (Lipinski definition) is 2. The zero-order chi connectivity index (χ0) is 17.1. The fraction of sp³-hybridized carbons (Fsp3) is 0.765. The highest BCUT2D eigenvalue weighted by Gasteiger charge is 2.07. The van der Waals surface area contributed by atoms with Gasteiger partial charge in [0.1, 0.15) is 0 Å². The van der Waals surface area contributed by atoms with E-state index in [2.05, 4.69) is 58.6 Å². The number of aromatic nitrogens is 1. The summed E-state index contributed by atoms with van der Waals surface area (Å²) in [5, 5.41) is 10.1. The van der Waals surface area contributed by atoms with Crippen molar-refractivity contribution in [3.63, 3.8) is 0 Å². The maximum atomic E-state index is 4.57. The lowest BCUT2D eigenvalue weighted by molar-refractivity contribution is 0.292. The molecule has 0 radical (unpaired) electrons. The van der Waals surface area contributed by atoms with Crippen LogP contribution in [0.3, 0.4) is 0 Å². The fourth-order valence-electron chi connectivity index (χ4n) is 2.43. The van der Waals surface area contributed by atoms with E-state index in [9.17, 15) is 0 Å². The molecule has 1 unspecified atom stereocenters. The third-order valence-electron chi connectivity index (χ3n) is 3.95. The largest absolute Gasteiger partial charge is 0.354 e. The minimum atomic E-state index is 0.415. The van der Waals surface area contributed by atoms with Crippen LogP contribution in [0.1, 0.15) is 51.2 Å². The van der Waals surface area contributed by atoms with Crippen LogP contribution in [-0.4, -0.2) is 48.6 Å². The van der Waals surface area contributed by atoms with Crippen molar-refractivity contribution in [3.8, 4) is 0 Å². The summed E-state index contributed by atoms with van der Waals surface area (Å²) in [5.41, 5.74) is 1.09. The smallest absolute Gasteiger partial charge is 0.191 e. The van der Waals surface area contributed by atoms with Crippen molar-refractivity contribution >= 4 is 17.3 Å². The molecule has 0 bridgehead atoms. The summed E-state index contributed by atoms with van der Waals surface area (Å²) in [6.07, 6.45) is 3.36. The number of hydrogen-bond acceptors (Lipinski definition) is 4. The Bertz CT molecular complexity index is 454. The van der Waals surface area contributed by atoms with Gasteiger partial charge in [0.05, 0.1) is 17.2 Å². The molecule has 5 nitrogen and oxygen atoms in total. The molecule has 1 atom stereocenters. The van der Waals surface area contributed by atoms with E-state index in [0.717, 1.165) is 44.1 Å². The van der Waals surface area contributed by atoms with Gasteiger partial charge in [0.25, 0.3) is 0 Å². The Morgan fingerprint density at radius 1 is 1.35 bits per heavy atom. The summed E-state index contributed by atoms with van der Waals surface area (Å²) in [6.45, 7) is 13.0. The minimum absolute atomic E-state index is 0.415. The Morgan fingerprint density at radius 3 is 2.65 bits per heavy atom. The van der Waals surface area contributed by atoms with E-state index in [-0.39, 0.29) is 0 Å². The quantitative estimate of drug-likeness (QED) is 0.508. The van der Waals surface area contributed by atoms with Gasteiger partial charge in [0.15, 0.2) is 5.96 Å². The zero-order valence-electron chi connectivity index (χ0n) is 15.4. The fourth-order valence-corrected chi connectivity index (χ4v) is 3.17. The predicted molar refractivity (Wildman–Crippen MR) is 101 cm³/mol. The van der Waals surface area contributed by atoms with Gasteiger partial charge in [-0.15, -0.1) is 11.3 Å². The second-order valence-corrected chi connectivity index (χ2v) is 6.67. The van der Waals surface area contributed by atoms with Crippen LogP contribution in [0.25, 0.3) is 0 Å². The van der Waals surface area contributed by atoms with Crippen LogP contribution in [0.4, 0.5) is 0 Å². The summed E-state index contributed by atoms with van der Waals surface area (Å²) in [7, 11) is 1.82. The van der Waals surface area contributed by atoms with E-state index in [1.807, 2.05) is 7.05 Å². The standard InChI is InChI=1S/C17H33N5S/c1-6-16-21-15(13-23-16)12-19-17(18-5)20-14(4)10-9-11-22(7-2)8-3/h13-14H,6-12H2,1-5H3,(H2,18,19,20). The van der Waals surface area contributed by atoms with Gasteiger partial charge >= 0.3 is 0 Å². The Hall–Kier alpha value is -1.14. The lowest BCUT2D eigenvalue weighted by Crippen LogP contribution is -2.42. The summed E-state index contributed by atoms with van der Waals surface area (Å²) in [5.74, 6) is 0.853. The first-order valence-corrected chi connectivity index (χ1v) is 9.63. The number of aliphatic imine (C=N–C) groups is 1. The summed E-state index contributed by atoms with van der Waals surface area (Å²) < 4.78 is 0. The van der Waals surface area contributed by atoms with Crippen molar-refractivity contribution in [2.75, 3.05) is 26.7 Å². The lowest BCUT2D eigenvalue weighted by Gasteiger charge is -2.21. The van der Waals surface area contributed by atoms with Crippen LogP contribution >= 0.6 is 11.3 Å². The molecular weight excluding hydrogens is 306 g/mol. The molecule has 0 fully saturated rings. The van der Waals surface area contributed by atoms with Crippen molar-refractivity contribution in [3.05, 3.63) is 16.1 Å². The highest BCUT2D eigenvalue weighted by molar-refractivity contribution is 7.09. The molecule has 2 N–H and O–H groups in total. The molecule has 23 heavy (non-hydrogen) atoms. The minimum Gasteiger partial charge on any atom is -0.354 e. The van der Waals surface area contributed by atoms with Gasteiger partial charge in [-0.25, -0.2) is 4.98 Å². The molecule has 0 spiro atoms. The van der Waals surface area contributed by atoms with Crippen molar-refractivity contribution < 1.29 is 0 Å². The van der Waals surface area contributed by atoms with Gasteiger partial charge in [0.2, 0.25) is 0 Å². The first kappa shape index (κ1) is 19.9. The van der Waals surface area contributed by atoms with Crippen molar-refractivity contribution in [1.29, 1.82) is 0 Å². The Balaban J connectivity index is 2.29. The molecule has 0 aliphatic carbocycles. The van der Waals surface area contributed by atoms with Gasteiger partial charge in [-0.2, -0.15) is 0 Å². The van der Waals surface area contributed by atoms with E-state index < -0.39 is 0 Å². The lowest BCUT2D eigenvalue weighted by atomic mass is 10.2. The van der Waals surface area contributed by atoms with E-state index in [0.29, 0.717) is 6.04 Å². The molecule has 6 heteroatoms. The number of nitrogens with zero attached hydrogens (tertiary/aromatic N) is 3. The maximum Gasteiger partial charge on any atom is 0.191 e. The molecule has 1 rings (SSSR count). The SMILES string of the molecule is CCc1nc(CNC(=NC)NC(C)CCCN(CC)CC)cs1. The summed E-state index contributed by atoms with van der Waals surface area (Å²) >= 11 is 1.72. The van der Waals surface area contributed by atoms with Crippen molar-refractivity contribution in [1.82, 2.24) is 20.5 Å². The molecule has 132 valence electrons. The number of guanidine groups is 1. The molecule has 0 saturated heterocycles. The molecule has 0 aliphatic rings. The monoisotopic (exact) mass is 339 g/mol. The first-order chi connectivity index (χ1) is 11.1. The predicted octanol–water partition coefficient (Wildman–Crippen LogP) is 2.88. The van der Waals surface area contributed by atoms with Crippen LogP contribution in [0.5, 0.6) is 0 Å². The van der Waals surface area contributed by atoms with Gasteiger partial charge in [-0.05, 0) is 45.8 Å². The summed E-state index contributed by atoms with van der Waals surface area (Å²) in [4.78, 5) is 11.3. The zero-order valence-corrected chi connectivity index (χ0v) is 16.2. The molecule has 0 aliphatic heterocycles. The van der Waals surface area contributed by atoms with E-state index in [1.54, 1.807) is 11.3 Å². The number of rotatable bonds is 10. The Morgan fingerprint density at radius 2 is 2.09 bits per heavy atom. The van der Waals surface area contributed by atoms with Gasteiger partial charge < -0.3 is 15.5 Å². The van der Waals surface area contributed by atoms with Gasteiger partial charge in [0, 0.05) is 18.5 Å². The van der Waals surface area contributed by atoms with Gasteiger partial charge in [-0.1, -0.05) is 20.8 Å². The topological polar surface area (TPSA) is 52.6 Å². The third-order valence-corrected chi connectivity index (χ3v) is 4.99. The van der Waals surface area contributed by atoms with E-state index >= 15 is 0 Å². The average Bonchev–Trinajstić information content (AvgIpc) is 3.03. The summed E-state index contributed by atoms with van der Waals surface area (Å²) in [6, 6.07) is 0.415. The van der Waals surface area contributed by atoms with Gasteiger partial charge in [-0.3, -0.25) is 4.99 Å². The van der Waals surface area contributed by atoms with Crippen LogP contribution in [0.15, 0.2) is 10.4 Å². The molecule has 0 aromatic carbocycles. The normalized spacial score (nSPS) is 13.4. The molecule has 1 aromatic rings. The Labute approximate surface area is 145 Å². The number of thiazole rings is 1. The maximum absolute atomic E-state index is 4.57. The first-order valence-electron chi connectivity index (χ1n) is 8.75. The molecule has 0 amide bonds.